The van der Waals surface area contributed by atoms with Crippen molar-refractivity contribution in [3.05, 3.63) is 24.3 Å². The summed E-state index contributed by atoms with van der Waals surface area (Å²) in [6.07, 6.45) is 2.04. The third-order valence-electron chi connectivity index (χ3n) is 3.28. The summed E-state index contributed by atoms with van der Waals surface area (Å²) in [7, 11) is -3.14. The molecule has 1 fully saturated rings. The monoisotopic (exact) mass is 300 g/mol. The highest BCUT2D eigenvalue weighted by atomic mass is 32.2. The first-order valence-corrected chi connectivity index (χ1v) is 9.12. The van der Waals surface area contributed by atoms with Gasteiger partial charge in [-0.15, -0.1) is 11.8 Å². The molecule has 1 aliphatic carbocycles. The van der Waals surface area contributed by atoms with Gasteiger partial charge in [0, 0.05) is 22.4 Å². The smallest absolute Gasteiger partial charge is 0.212 e. The maximum absolute atomic E-state index is 11.8. The van der Waals surface area contributed by atoms with E-state index in [-0.39, 0.29) is 11.8 Å². The fraction of sp³-hybridized carbons (Fsp3) is 0.538. The Labute approximate surface area is 119 Å². The van der Waals surface area contributed by atoms with Gasteiger partial charge in [-0.1, -0.05) is 13.3 Å². The van der Waals surface area contributed by atoms with Crippen molar-refractivity contribution in [2.75, 3.05) is 17.2 Å². The highest BCUT2D eigenvalue weighted by Gasteiger charge is 2.37. The minimum Gasteiger partial charge on any atom is -0.399 e. The maximum Gasteiger partial charge on any atom is 0.212 e. The Morgan fingerprint density at radius 3 is 2.63 bits per heavy atom. The maximum atomic E-state index is 11.8. The molecule has 1 aliphatic rings. The van der Waals surface area contributed by atoms with Gasteiger partial charge in [0.1, 0.15) is 0 Å². The third-order valence-corrected chi connectivity index (χ3v) is 5.95. The van der Waals surface area contributed by atoms with Crippen LogP contribution in [0.5, 0.6) is 0 Å². The lowest BCUT2D eigenvalue weighted by atomic mass is 10.3. The molecular weight excluding hydrogens is 280 g/mol. The van der Waals surface area contributed by atoms with Crippen LogP contribution in [-0.4, -0.2) is 26.0 Å². The molecule has 2 atom stereocenters. The van der Waals surface area contributed by atoms with Crippen molar-refractivity contribution >= 4 is 27.5 Å². The lowest BCUT2D eigenvalue weighted by Crippen LogP contribution is -2.30. The summed E-state index contributed by atoms with van der Waals surface area (Å²) in [5.74, 6) is 1.26. The zero-order valence-electron chi connectivity index (χ0n) is 11.0. The van der Waals surface area contributed by atoms with Gasteiger partial charge in [-0.2, -0.15) is 0 Å². The summed E-state index contributed by atoms with van der Waals surface area (Å²) in [6.45, 7) is 2.09. The number of hydrogen-bond donors (Lipinski definition) is 2. The zero-order chi connectivity index (χ0) is 13.9. The van der Waals surface area contributed by atoms with Gasteiger partial charge in [0.15, 0.2) is 0 Å². The summed E-state index contributed by atoms with van der Waals surface area (Å²) in [5.41, 5.74) is 6.32. The molecule has 19 heavy (non-hydrogen) atoms. The van der Waals surface area contributed by atoms with E-state index in [0.717, 1.165) is 23.4 Å². The van der Waals surface area contributed by atoms with E-state index in [1.807, 2.05) is 24.3 Å². The molecule has 6 heteroatoms. The molecule has 1 aromatic rings. The Kier molecular flexibility index (Phi) is 4.76. The van der Waals surface area contributed by atoms with Crippen molar-refractivity contribution in [1.29, 1.82) is 0 Å². The van der Waals surface area contributed by atoms with Crippen LogP contribution in [0.15, 0.2) is 29.2 Å². The number of anilines is 1. The fourth-order valence-electron chi connectivity index (χ4n) is 1.97. The molecule has 106 valence electrons. The van der Waals surface area contributed by atoms with E-state index in [4.69, 9.17) is 5.73 Å². The third kappa shape index (κ3) is 4.71. The minimum atomic E-state index is -3.14. The van der Waals surface area contributed by atoms with E-state index in [0.29, 0.717) is 11.7 Å². The number of nitrogens with one attached hydrogen (secondary N) is 1. The highest BCUT2D eigenvalue weighted by Crippen LogP contribution is 2.33. The topological polar surface area (TPSA) is 72.2 Å². The van der Waals surface area contributed by atoms with Gasteiger partial charge >= 0.3 is 0 Å². The van der Waals surface area contributed by atoms with Crippen LogP contribution in [0.1, 0.15) is 19.8 Å². The van der Waals surface area contributed by atoms with E-state index in [9.17, 15) is 8.42 Å². The number of nitrogens with two attached hydrogens (primary N) is 1. The van der Waals surface area contributed by atoms with Gasteiger partial charge in [-0.25, -0.2) is 13.1 Å². The molecule has 0 heterocycles. The van der Waals surface area contributed by atoms with E-state index < -0.39 is 10.0 Å². The number of sulfonamides is 1. The van der Waals surface area contributed by atoms with Crippen molar-refractivity contribution in [3.63, 3.8) is 0 Å². The number of nitrogen functional groups attached to an aromatic ring is 1. The van der Waals surface area contributed by atoms with Gasteiger partial charge in [0.2, 0.25) is 10.0 Å². The largest absolute Gasteiger partial charge is 0.399 e. The number of rotatable bonds is 7. The summed E-state index contributed by atoms with van der Waals surface area (Å²) in [5, 5.41) is 0. The van der Waals surface area contributed by atoms with Crippen LogP contribution in [0, 0.1) is 5.92 Å². The first-order chi connectivity index (χ1) is 9.00. The average Bonchev–Trinajstić information content (AvgIpc) is 3.09. The standard InChI is InChI=1S/C13H20N2O2S2/c1-2-10-9-13(10)15-19(16,17)8-7-18-12-5-3-11(14)4-6-12/h3-6,10,13,15H,2,7-9,14H2,1H3. The molecule has 0 aliphatic heterocycles. The van der Waals surface area contributed by atoms with Crippen molar-refractivity contribution in [2.45, 2.75) is 30.7 Å². The average molecular weight is 300 g/mol. The first-order valence-electron chi connectivity index (χ1n) is 6.48. The number of thioether (sulfide) groups is 1. The van der Waals surface area contributed by atoms with Gasteiger partial charge in [0.25, 0.3) is 0 Å². The minimum absolute atomic E-state index is 0.162. The van der Waals surface area contributed by atoms with Crippen molar-refractivity contribution in [2.24, 2.45) is 5.92 Å². The molecule has 2 unspecified atom stereocenters. The van der Waals surface area contributed by atoms with E-state index >= 15 is 0 Å². The zero-order valence-corrected chi connectivity index (χ0v) is 12.6. The van der Waals surface area contributed by atoms with Gasteiger partial charge in [-0.3, -0.25) is 0 Å². The fourth-order valence-corrected chi connectivity index (χ4v) is 4.61. The molecule has 0 bridgehead atoms. The molecule has 3 N–H and O–H groups in total. The van der Waals surface area contributed by atoms with Crippen LogP contribution in [-0.2, 0) is 10.0 Å². The quantitative estimate of drug-likeness (QED) is 0.597. The molecule has 4 nitrogen and oxygen atoms in total. The number of benzene rings is 1. The molecule has 1 saturated carbocycles. The van der Waals surface area contributed by atoms with Crippen molar-refractivity contribution < 1.29 is 8.42 Å². The van der Waals surface area contributed by atoms with Crippen molar-refractivity contribution in [1.82, 2.24) is 4.72 Å². The predicted molar refractivity (Wildman–Crippen MR) is 80.7 cm³/mol. The van der Waals surface area contributed by atoms with Crippen LogP contribution < -0.4 is 10.5 Å². The van der Waals surface area contributed by atoms with Crippen LogP contribution in [0.2, 0.25) is 0 Å². The summed E-state index contributed by atoms with van der Waals surface area (Å²) in [4.78, 5) is 1.04. The van der Waals surface area contributed by atoms with Gasteiger partial charge in [-0.05, 0) is 36.6 Å². The molecule has 0 spiro atoms. The van der Waals surface area contributed by atoms with Crippen LogP contribution in [0.25, 0.3) is 0 Å². The Morgan fingerprint density at radius 1 is 1.37 bits per heavy atom. The van der Waals surface area contributed by atoms with Gasteiger partial charge in [0.05, 0.1) is 5.75 Å². The normalized spacial score (nSPS) is 22.4. The second kappa shape index (κ2) is 6.15. The SMILES string of the molecule is CCC1CC1NS(=O)(=O)CCSc1ccc(N)cc1. The molecule has 0 aromatic heterocycles. The predicted octanol–water partition coefficient (Wildman–Crippen LogP) is 2.08. The summed E-state index contributed by atoms with van der Waals surface area (Å²) < 4.78 is 26.5. The van der Waals surface area contributed by atoms with Crippen LogP contribution in [0.4, 0.5) is 5.69 Å². The second-order valence-electron chi connectivity index (χ2n) is 4.86. The highest BCUT2D eigenvalue weighted by molar-refractivity contribution is 8.00. The summed E-state index contributed by atoms with van der Waals surface area (Å²) >= 11 is 1.54. The van der Waals surface area contributed by atoms with E-state index in [2.05, 4.69) is 11.6 Å². The Bertz CT molecular complexity index is 514. The van der Waals surface area contributed by atoms with E-state index in [1.54, 1.807) is 0 Å². The lowest BCUT2D eigenvalue weighted by molar-refractivity contribution is 0.577. The summed E-state index contributed by atoms with van der Waals surface area (Å²) in [6, 6.07) is 7.65. The Morgan fingerprint density at radius 2 is 2.05 bits per heavy atom. The van der Waals surface area contributed by atoms with Gasteiger partial charge < -0.3 is 5.73 Å². The lowest BCUT2D eigenvalue weighted by Gasteiger charge is -2.06. The second-order valence-corrected chi connectivity index (χ2v) is 7.91. The first kappa shape index (κ1) is 14.7. The molecule has 2 rings (SSSR count). The molecule has 0 radical (unpaired) electrons. The van der Waals surface area contributed by atoms with E-state index in [1.165, 1.54) is 11.8 Å². The van der Waals surface area contributed by atoms with Crippen LogP contribution in [0.3, 0.4) is 0 Å². The molecule has 0 saturated heterocycles. The van der Waals surface area contributed by atoms with Crippen molar-refractivity contribution in [3.8, 4) is 0 Å². The Balaban J connectivity index is 1.74. The van der Waals surface area contributed by atoms with Crippen LogP contribution >= 0.6 is 11.8 Å². The molecule has 1 aromatic carbocycles. The molecular formula is C13H20N2O2S2. The number of hydrogen-bond acceptors (Lipinski definition) is 4. The Hall–Kier alpha value is -0.720. The molecule has 0 amide bonds.